The van der Waals surface area contributed by atoms with Gasteiger partial charge in [0.1, 0.15) is 6.61 Å². The average Bonchev–Trinajstić information content (AvgIpc) is 2.08. The van der Waals surface area contributed by atoms with Gasteiger partial charge in [0.15, 0.2) is 0 Å². The van der Waals surface area contributed by atoms with Gasteiger partial charge in [0.25, 0.3) is 0 Å². The quantitative estimate of drug-likeness (QED) is 0.540. The molecule has 0 amide bonds. The monoisotopic (exact) mass is 226 g/mol. The van der Waals surface area contributed by atoms with Crippen molar-refractivity contribution in [2.45, 2.75) is 48.5 Å². The summed E-state index contributed by atoms with van der Waals surface area (Å²) in [5, 5.41) is 0. The van der Waals surface area contributed by atoms with Crippen molar-refractivity contribution in [2.75, 3.05) is 6.61 Å². The minimum atomic E-state index is -0.525. The fraction of sp³-hybridized carbons (Fsp3) is 0.786. The summed E-state index contributed by atoms with van der Waals surface area (Å²) in [5.74, 6) is -0.146. The molecule has 0 saturated carbocycles. The van der Waals surface area contributed by atoms with Crippen molar-refractivity contribution in [2.24, 2.45) is 16.2 Å². The molecule has 0 aliphatic carbocycles. The third-order valence-corrected chi connectivity index (χ3v) is 3.74. The Hall–Kier alpha value is -0.790. The molecule has 0 radical (unpaired) electrons. The normalized spacial score (nSPS) is 13.4. The van der Waals surface area contributed by atoms with E-state index in [1.165, 1.54) is 0 Å². The standard InChI is InChI=1S/C14H26O2/c1-9-10-16-11(15)14(8,12(2,3)4)13(5,6)7/h9H,1,10H2,2-8H3. The zero-order chi connectivity index (χ0) is 13.2. The molecule has 0 heterocycles. The summed E-state index contributed by atoms with van der Waals surface area (Å²) < 4.78 is 5.25. The molecule has 0 saturated heterocycles. The summed E-state index contributed by atoms with van der Waals surface area (Å²) >= 11 is 0. The lowest BCUT2D eigenvalue weighted by Gasteiger charge is -2.48. The SMILES string of the molecule is C=CCOC(=O)C(C)(C(C)(C)C)C(C)(C)C. The van der Waals surface area contributed by atoms with Crippen molar-refractivity contribution in [3.8, 4) is 0 Å². The van der Waals surface area contributed by atoms with Gasteiger partial charge in [-0.1, -0.05) is 54.2 Å². The van der Waals surface area contributed by atoms with Crippen LogP contribution in [0.4, 0.5) is 0 Å². The van der Waals surface area contributed by atoms with Gasteiger partial charge in [0.05, 0.1) is 5.41 Å². The van der Waals surface area contributed by atoms with E-state index in [4.69, 9.17) is 4.74 Å². The Balaban J connectivity index is 5.27. The van der Waals surface area contributed by atoms with E-state index in [2.05, 4.69) is 48.1 Å². The van der Waals surface area contributed by atoms with Crippen LogP contribution in [0.1, 0.15) is 48.5 Å². The number of hydrogen-bond donors (Lipinski definition) is 0. The van der Waals surface area contributed by atoms with Gasteiger partial charge in [-0.05, 0) is 17.8 Å². The third-order valence-electron chi connectivity index (χ3n) is 3.74. The fourth-order valence-electron chi connectivity index (χ4n) is 2.02. The summed E-state index contributed by atoms with van der Waals surface area (Å²) in [6.07, 6.45) is 1.60. The number of rotatable bonds is 3. The molecule has 0 aliphatic heterocycles. The third kappa shape index (κ3) is 2.66. The molecule has 0 aromatic carbocycles. The molecule has 0 atom stereocenters. The van der Waals surface area contributed by atoms with Gasteiger partial charge in [0, 0.05) is 0 Å². The van der Waals surface area contributed by atoms with Crippen LogP contribution in [0.25, 0.3) is 0 Å². The van der Waals surface area contributed by atoms with Crippen molar-refractivity contribution >= 4 is 5.97 Å². The number of carbonyl (C=O) groups excluding carboxylic acids is 1. The summed E-state index contributed by atoms with van der Waals surface area (Å²) in [6.45, 7) is 18.3. The lowest BCUT2D eigenvalue weighted by molar-refractivity contribution is -0.171. The average molecular weight is 226 g/mol. The molecule has 0 aliphatic rings. The molecule has 0 spiro atoms. The number of esters is 1. The maximum Gasteiger partial charge on any atom is 0.313 e. The van der Waals surface area contributed by atoms with Crippen molar-refractivity contribution in [3.63, 3.8) is 0 Å². The van der Waals surface area contributed by atoms with Crippen LogP contribution in [-0.2, 0) is 9.53 Å². The van der Waals surface area contributed by atoms with E-state index in [0.29, 0.717) is 0 Å². The van der Waals surface area contributed by atoms with Crippen LogP contribution in [-0.4, -0.2) is 12.6 Å². The van der Waals surface area contributed by atoms with Crippen LogP contribution in [0.2, 0.25) is 0 Å². The Morgan fingerprint density at radius 1 is 1.06 bits per heavy atom. The van der Waals surface area contributed by atoms with Crippen molar-refractivity contribution in [3.05, 3.63) is 12.7 Å². The topological polar surface area (TPSA) is 26.3 Å². The van der Waals surface area contributed by atoms with Gasteiger partial charge in [-0.15, -0.1) is 0 Å². The lowest BCUT2D eigenvalue weighted by Crippen LogP contribution is -2.50. The minimum Gasteiger partial charge on any atom is -0.461 e. The van der Waals surface area contributed by atoms with Crippen LogP contribution >= 0.6 is 0 Å². The molecule has 94 valence electrons. The predicted octanol–water partition coefficient (Wildman–Crippen LogP) is 3.81. The first-order valence-corrected chi connectivity index (χ1v) is 5.76. The Morgan fingerprint density at radius 3 is 1.69 bits per heavy atom. The summed E-state index contributed by atoms with van der Waals surface area (Å²) in [6, 6.07) is 0. The van der Waals surface area contributed by atoms with Gasteiger partial charge >= 0.3 is 5.97 Å². The highest BCUT2D eigenvalue weighted by atomic mass is 16.5. The Kier molecular flexibility index (Phi) is 4.38. The van der Waals surface area contributed by atoms with Gasteiger partial charge in [0.2, 0.25) is 0 Å². The van der Waals surface area contributed by atoms with Gasteiger partial charge < -0.3 is 4.74 Å². The van der Waals surface area contributed by atoms with E-state index >= 15 is 0 Å². The molecule has 0 N–H and O–H groups in total. The Morgan fingerprint density at radius 2 is 1.44 bits per heavy atom. The lowest BCUT2D eigenvalue weighted by atomic mass is 9.55. The first-order chi connectivity index (χ1) is 6.98. The molecule has 2 nitrogen and oxygen atoms in total. The van der Waals surface area contributed by atoms with Gasteiger partial charge in [-0.3, -0.25) is 4.79 Å². The summed E-state index contributed by atoms with van der Waals surface area (Å²) in [5.41, 5.74) is -0.823. The fourth-order valence-corrected chi connectivity index (χ4v) is 2.02. The molecule has 2 heteroatoms. The van der Waals surface area contributed by atoms with Crippen LogP contribution in [0, 0.1) is 16.2 Å². The van der Waals surface area contributed by atoms with Crippen molar-refractivity contribution in [1.29, 1.82) is 0 Å². The zero-order valence-corrected chi connectivity index (χ0v) is 11.8. The largest absolute Gasteiger partial charge is 0.461 e. The van der Waals surface area contributed by atoms with E-state index in [1.54, 1.807) is 6.08 Å². The van der Waals surface area contributed by atoms with E-state index in [-0.39, 0.29) is 23.4 Å². The maximum atomic E-state index is 12.2. The van der Waals surface area contributed by atoms with E-state index in [9.17, 15) is 4.79 Å². The van der Waals surface area contributed by atoms with Crippen molar-refractivity contribution in [1.82, 2.24) is 0 Å². The second kappa shape index (κ2) is 4.60. The van der Waals surface area contributed by atoms with Gasteiger partial charge in [-0.2, -0.15) is 0 Å². The minimum absolute atomic E-state index is 0.146. The van der Waals surface area contributed by atoms with Crippen LogP contribution in [0.3, 0.4) is 0 Å². The Labute approximate surface area is 100 Å². The highest BCUT2D eigenvalue weighted by Crippen LogP contribution is 2.51. The molecule has 0 bridgehead atoms. The first kappa shape index (κ1) is 15.2. The van der Waals surface area contributed by atoms with Gasteiger partial charge in [-0.25, -0.2) is 0 Å². The van der Waals surface area contributed by atoms with Crippen LogP contribution < -0.4 is 0 Å². The molecular weight excluding hydrogens is 200 g/mol. The molecule has 0 unspecified atom stereocenters. The summed E-state index contributed by atoms with van der Waals surface area (Å²) in [7, 11) is 0. The van der Waals surface area contributed by atoms with Crippen LogP contribution in [0.15, 0.2) is 12.7 Å². The first-order valence-electron chi connectivity index (χ1n) is 5.76. The zero-order valence-electron chi connectivity index (χ0n) is 11.8. The number of hydrogen-bond acceptors (Lipinski definition) is 2. The summed E-state index contributed by atoms with van der Waals surface area (Å²) in [4.78, 5) is 12.2. The molecule has 0 rings (SSSR count). The maximum absolute atomic E-state index is 12.2. The predicted molar refractivity (Wildman–Crippen MR) is 68.2 cm³/mol. The number of carbonyl (C=O) groups is 1. The van der Waals surface area contributed by atoms with Crippen LogP contribution in [0.5, 0.6) is 0 Å². The number of ether oxygens (including phenoxy) is 1. The second-order valence-corrected chi connectivity index (χ2v) is 6.51. The van der Waals surface area contributed by atoms with E-state index in [0.717, 1.165) is 0 Å². The molecule has 0 aromatic heterocycles. The smallest absolute Gasteiger partial charge is 0.313 e. The van der Waals surface area contributed by atoms with Crippen molar-refractivity contribution < 1.29 is 9.53 Å². The van der Waals surface area contributed by atoms with E-state index < -0.39 is 5.41 Å². The molecular formula is C14H26O2. The highest BCUT2D eigenvalue weighted by molar-refractivity contribution is 5.78. The highest BCUT2D eigenvalue weighted by Gasteiger charge is 2.53. The molecule has 16 heavy (non-hydrogen) atoms. The van der Waals surface area contributed by atoms with E-state index in [1.807, 2.05) is 6.92 Å². The molecule has 0 fully saturated rings. The second-order valence-electron chi connectivity index (χ2n) is 6.51. The Bertz CT molecular complexity index is 249. The molecule has 0 aromatic rings.